The van der Waals surface area contributed by atoms with Crippen LogP contribution in [0.2, 0.25) is 0 Å². The van der Waals surface area contributed by atoms with Gasteiger partial charge in [0.1, 0.15) is 0 Å². The van der Waals surface area contributed by atoms with E-state index in [9.17, 15) is 15.0 Å². The zero-order valence-corrected chi connectivity index (χ0v) is 19.9. The van der Waals surface area contributed by atoms with Crippen molar-refractivity contribution in [1.82, 2.24) is 0 Å². The molecule has 1 aromatic rings. The van der Waals surface area contributed by atoms with Gasteiger partial charge >= 0.3 is 0 Å². The molecule has 4 aliphatic carbocycles. The number of fused-ring (bicyclic) bond motifs is 7. The quantitative estimate of drug-likeness (QED) is 0.583. The van der Waals surface area contributed by atoms with Gasteiger partial charge in [-0.15, -0.1) is 0 Å². The molecule has 3 saturated carbocycles. The van der Waals surface area contributed by atoms with Gasteiger partial charge in [0.15, 0.2) is 11.5 Å². The number of primary amides is 1. The molecule has 4 heteroatoms. The second-order valence-electron chi connectivity index (χ2n) is 12.2. The normalized spacial score (nSPS) is 42.4. The number of benzene rings is 1. The third kappa shape index (κ3) is 2.58. The molecule has 0 radical (unpaired) electrons. The van der Waals surface area contributed by atoms with Gasteiger partial charge in [-0.2, -0.15) is 0 Å². The first-order valence-corrected chi connectivity index (χ1v) is 12.1. The number of allylic oxidation sites excluding steroid dienone is 2. The maximum atomic E-state index is 12.4. The highest BCUT2D eigenvalue weighted by molar-refractivity contribution is 5.80. The Morgan fingerprint density at radius 2 is 1.72 bits per heavy atom. The summed E-state index contributed by atoms with van der Waals surface area (Å²) in [6, 6.07) is 1.75. The molecule has 3 fully saturated rings. The maximum Gasteiger partial charge on any atom is 0.223 e. The SMILES string of the molecule is C=c1c(O)c(O)cc2c1=CC=C1C2(C)CCC2C3CC(C)(C(N)=O)CCC3(C)CCC12C. The summed E-state index contributed by atoms with van der Waals surface area (Å²) in [5, 5.41) is 22.1. The number of carbonyl (C=O) groups excluding carboxylic acids is 1. The minimum Gasteiger partial charge on any atom is -0.504 e. The lowest BCUT2D eigenvalue weighted by Crippen LogP contribution is -2.58. The highest BCUT2D eigenvalue weighted by atomic mass is 16.3. The van der Waals surface area contributed by atoms with Crippen molar-refractivity contribution in [2.45, 2.75) is 78.1 Å². The summed E-state index contributed by atoms with van der Waals surface area (Å²) < 4.78 is 0. The van der Waals surface area contributed by atoms with E-state index in [4.69, 9.17) is 5.73 Å². The monoisotopic (exact) mass is 435 g/mol. The zero-order valence-electron chi connectivity index (χ0n) is 19.9. The van der Waals surface area contributed by atoms with E-state index in [-0.39, 0.29) is 33.7 Å². The lowest BCUT2D eigenvalue weighted by atomic mass is 9.40. The number of rotatable bonds is 1. The second-order valence-corrected chi connectivity index (χ2v) is 12.2. The lowest BCUT2D eigenvalue weighted by molar-refractivity contribution is -0.141. The van der Waals surface area contributed by atoms with Crippen LogP contribution in [0.3, 0.4) is 0 Å². The Labute approximate surface area is 190 Å². The molecule has 0 saturated heterocycles. The molecule has 32 heavy (non-hydrogen) atoms. The Hall–Kier alpha value is -2.23. The number of phenols is 2. The molecular formula is C28H37NO3. The average Bonchev–Trinajstić information content (AvgIpc) is 2.73. The van der Waals surface area contributed by atoms with Crippen LogP contribution in [0.25, 0.3) is 12.7 Å². The Balaban J connectivity index is 1.63. The van der Waals surface area contributed by atoms with Crippen LogP contribution in [0.5, 0.6) is 11.5 Å². The van der Waals surface area contributed by atoms with E-state index in [0.29, 0.717) is 17.1 Å². The molecule has 1 aromatic carbocycles. The first-order valence-electron chi connectivity index (χ1n) is 12.1. The van der Waals surface area contributed by atoms with Gasteiger partial charge in [0.2, 0.25) is 5.91 Å². The lowest BCUT2D eigenvalue weighted by Gasteiger charge is -2.64. The fourth-order valence-electron chi connectivity index (χ4n) is 8.18. The van der Waals surface area contributed by atoms with Gasteiger partial charge in [-0.25, -0.2) is 0 Å². The molecular weight excluding hydrogens is 398 g/mol. The molecule has 0 spiro atoms. The fourth-order valence-corrected chi connectivity index (χ4v) is 8.18. The number of hydrogen-bond acceptors (Lipinski definition) is 3. The van der Waals surface area contributed by atoms with Gasteiger partial charge in [-0.3, -0.25) is 4.79 Å². The number of phenolic OH excluding ortho intramolecular Hbond substituents is 2. The number of amides is 1. The van der Waals surface area contributed by atoms with E-state index in [2.05, 4.69) is 46.4 Å². The summed E-state index contributed by atoms with van der Waals surface area (Å²) in [7, 11) is 0. The zero-order chi connectivity index (χ0) is 23.3. The minimum atomic E-state index is -0.408. The van der Waals surface area contributed by atoms with Crippen molar-refractivity contribution >= 4 is 18.6 Å². The van der Waals surface area contributed by atoms with Crippen molar-refractivity contribution in [3.8, 4) is 11.5 Å². The molecule has 4 N–H and O–H groups in total. The summed E-state index contributed by atoms with van der Waals surface area (Å²) in [6.45, 7) is 13.3. The van der Waals surface area contributed by atoms with E-state index < -0.39 is 5.41 Å². The molecule has 1 amide bonds. The van der Waals surface area contributed by atoms with Crippen LogP contribution >= 0.6 is 0 Å². The minimum absolute atomic E-state index is 0.0378. The van der Waals surface area contributed by atoms with Crippen LogP contribution in [0.15, 0.2) is 17.7 Å². The highest BCUT2D eigenvalue weighted by Crippen LogP contribution is 2.68. The van der Waals surface area contributed by atoms with Crippen molar-refractivity contribution in [2.24, 2.45) is 33.8 Å². The molecule has 0 heterocycles. The first kappa shape index (κ1) is 21.6. The predicted octanol–water partition coefficient (Wildman–Crippen LogP) is 3.99. The molecule has 6 unspecified atom stereocenters. The van der Waals surface area contributed by atoms with Crippen molar-refractivity contribution < 1.29 is 15.0 Å². The number of nitrogens with two attached hydrogens (primary N) is 1. The smallest absolute Gasteiger partial charge is 0.223 e. The van der Waals surface area contributed by atoms with Gasteiger partial charge in [0.25, 0.3) is 0 Å². The van der Waals surface area contributed by atoms with Crippen LogP contribution in [-0.4, -0.2) is 16.1 Å². The highest BCUT2D eigenvalue weighted by Gasteiger charge is 2.61. The van der Waals surface area contributed by atoms with Gasteiger partial charge in [-0.05, 0) is 84.5 Å². The third-order valence-corrected chi connectivity index (χ3v) is 10.5. The Kier molecular flexibility index (Phi) is 4.34. The molecule has 6 atom stereocenters. The predicted molar refractivity (Wildman–Crippen MR) is 127 cm³/mol. The first-order chi connectivity index (χ1) is 14.9. The fraction of sp³-hybridized carbons (Fsp3) is 0.607. The topological polar surface area (TPSA) is 83.6 Å². The van der Waals surface area contributed by atoms with Crippen molar-refractivity contribution in [3.05, 3.63) is 33.7 Å². The number of aromatic hydroxyl groups is 2. The number of hydrogen-bond donors (Lipinski definition) is 3. The van der Waals surface area contributed by atoms with E-state index >= 15 is 0 Å². The van der Waals surface area contributed by atoms with E-state index in [0.717, 1.165) is 49.3 Å². The van der Waals surface area contributed by atoms with Crippen LogP contribution < -0.4 is 16.2 Å². The third-order valence-electron chi connectivity index (χ3n) is 10.5. The van der Waals surface area contributed by atoms with Crippen LogP contribution in [0.4, 0.5) is 0 Å². The molecule has 0 aliphatic heterocycles. The van der Waals surface area contributed by atoms with Gasteiger partial charge in [0.05, 0.1) is 0 Å². The van der Waals surface area contributed by atoms with Gasteiger partial charge < -0.3 is 15.9 Å². The van der Waals surface area contributed by atoms with E-state index in [1.54, 1.807) is 6.07 Å². The Morgan fingerprint density at radius 3 is 2.41 bits per heavy atom. The van der Waals surface area contributed by atoms with Crippen molar-refractivity contribution in [1.29, 1.82) is 0 Å². The van der Waals surface area contributed by atoms with E-state index in [1.807, 2.05) is 0 Å². The Bertz CT molecular complexity index is 1170. The maximum absolute atomic E-state index is 12.4. The molecule has 4 aliphatic rings. The van der Waals surface area contributed by atoms with Crippen LogP contribution in [0, 0.1) is 28.1 Å². The molecule has 0 aromatic heterocycles. The molecule has 5 rings (SSSR count). The van der Waals surface area contributed by atoms with Crippen LogP contribution in [-0.2, 0) is 10.2 Å². The van der Waals surface area contributed by atoms with Crippen LogP contribution in [0.1, 0.15) is 78.2 Å². The Morgan fingerprint density at radius 1 is 1.03 bits per heavy atom. The molecule has 0 bridgehead atoms. The standard InChI is InChI=1S/C28H37NO3/c1-16-17-6-7-22-27(4,19(17)14-21(30)23(16)31)9-8-18-20-15-26(3,24(29)32)11-10-25(20,2)12-13-28(18,22)5/h6-7,14,18,20,30-31H,1,8-13,15H2,2-5H3,(H2,29,32). The number of carbonyl (C=O) groups is 1. The van der Waals surface area contributed by atoms with Crippen molar-refractivity contribution in [2.75, 3.05) is 0 Å². The second kappa shape index (κ2) is 6.42. The van der Waals surface area contributed by atoms with Gasteiger partial charge in [-0.1, -0.05) is 52.0 Å². The summed E-state index contributed by atoms with van der Waals surface area (Å²) in [4.78, 5) is 12.4. The molecule has 4 nitrogen and oxygen atoms in total. The summed E-state index contributed by atoms with van der Waals surface area (Å²) >= 11 is 0. The largest absolute Gasteiger partial charge is 0.504 e. The molecule has 172 valence electrons. The van der Waals surface area contributed by atoms with E-state index in [1.165, 1.54) is 12.0 Å². The summed E-state index contributed by atoms with van der Waals surface area (Å²) in [5.74, 6) is 0.639. The summed E-state index contributed by atoms with van der Waals surface area (Å²) in [6.07, 6.45) is 11.6. The van der Waals surface area contributed by atoms with Gasteiger partial charge in [0, 0.05) is 16.0 Å². The average molecular weight is 436 g/mol. The van der Waals surface area contributed by atoms with Crippen molar-refractivity contribution in [3.63, 3.8) is 0 Å². The summed E-state index contributed by atoms with van der Waals surface area (Å²) in [5.41, 5.74) is 8.11.